The van der Waals surface area contributed by atoms with Gasteiger partial charge in [0.15, 0.2) is 0 Å². The third-order valence-corrected chi connectivity index (χ3v) is 4.92. The summed E-state index contributed by atoms with van der Waals surface area (Å²) in [5, 5.41) is 3.04. The summed E-state index contributed by atoms with van der Waals surface area (Å²) < 4.78 is 5.82. The molecule has 3 unspecified atom stereocenters. The van der Waals surface area contributed by atoms with Crippen molar-refractivity contribution in [2.45, 2.75) is 25.3 Å². The molecule has 0 saturated heterocycles. The predicted octanol–water partition coefficient (Wildman–Crippen LogP) is 4.72. The molecule has 1 aliphatic rings. The second-order valence-electron chi connectivity index (χ2n) is 7.00. The number of rotatable bonds is 6. The van der Waals surface area contributed by atoms with E-state index in [1.54, 1.807) is 12.3 Å². The van der Waals surface area contributed by atoms with E-state index in [0.717, 1.165) is 17.0 Å². The Morgan fingerprint density at radius 1 is 1.15 bits per heavy atom. The maximum absolute atomic E-state index is 12.5. The van der Waals surface area contributed by atoms with Crippen LogP contribution in [0.25, 0.3) is 6.08 Å². The van der Waals surface area contributed by atoms with E-state index in [9.17, 15) is 4.79 Å². The zero-order valence-electron chi connectivity index (χ0n) is 15.2. The predicted molar refractivity (Wildman–Crippen MR) is 105 cm³/mol. The summed E-state index contributed by atoms with van der Waals surface area (Å²) in [6.45, 7) is 2.22. The van der Waals surface area contributed by atoms with Gasteiger partial charge in [0.2, 0.25) is 5.91 Å². The number of carbonyl (C=O) groups excluding carboxylic acids is 1. The van der Waals surface area contributed by atoms with Gasteiger partial charge in [-0.2, -0.15) is 0 Å². The van der Waals surface area contributed by atoms with Gasteiger partial charge in [0.05, 0.1) is 11.7 Å². The fourth-order valence-electron chi connectivity index (χ4n) is 3.24. The molecule has 0 bridgehead atoms. The highest BCUT2D eigenvalue weighted by atomic mass is 16.3. The number of hydrogen-bond donors (Lipinski definition) is 1. The first-order chi connectivity index (χ1) is 13.2. The number of pyridine rings is 1. The Morgan fingerprint density at radius 2 is 1.93 bits per heavy atom. The summed E-state index contributed by atoms with van der Waals surface area (Å²) in [7, 11) is 0. The van der Waals surface area contributed by atoms with Crippen molar-refractivity contribution in [2.75, 3.05) is 0 Å². The van der Waals surface area contributed by atoms with Crippen molar-refractivity contribution >= 4 is 12.0 Å². The second kappa shape index (κ2) is 7.62. The molecule has 1 aliphatic carbocycles. The summed E-state index contributed by atoms with van der Waals surface area (Å²) in [5.74, 6) is 2.76. The van der Waals surface area contributed by atoms with Crippen LogP contribution in [0.2, 0.25) is 0 Å². The number of carbonyl (C=O) groups is 1. The largest absolute Gasteiger partial charge is 0.461 e. The minimum absolute atomic E-state index is 0.188. The molecule has 0 radical (unpaired) electrons. The maximum atomic E-state index is 12.5. The minimum atomic E-state index is -0.302. The molecule has 1 amide bonds. The lowest BCUT2D eigenvalue weighted by Crippen LogP contribution is -2.28. The number of nitrogens with one attached hydrogen (secondary N) is 1. The fourth-order valence-corrected chi connectivity index (χ4v) is 3.24. The van der Waals surface area contributed by atoms with Crippen LogP contribution in [-0.2, 0) is 4.79 Å². The molecule has 0 aliphatic heterocycles. The van der Waals surface area contributed by atoms with E-state index >= 15 is 0 Å². The Bertz CT molecular complexity index is 892. The van der Waals surface area contributed by atoms with Gasteiger partial charge in [0, 0.05) is 18.2 Å². The van der Waals surface area contributed by atoms with Crippen LogP contribution in [0, 0.1) is 5.92 Å². The van der Waals surface area contributed by atoms with Gasteiger partial charge in [-0.3, -0.25) is 9.78 Å². The first kappa shape index (κ1) is 17.3. The van der Waals surface area contributed by atoms with Crippen molar-refractivity contribution in [2.24, 2.45) is 5.92 Å². The fraction of sp³-hybridized carbons (Fsp3) is 0.217. The second-order valence-corrected chi connectivity index (χ2v) is 7.00. The molecule has 4 nitrogen and oxygen atoms in total. The van der Waals surface area contributed by atoms with Crippen molar-refractivity contribution in [1.82, 2.24) is 10.3 Å². The monoisotopic (exact) mass is 358 g/mol. The van der Waals surface area contributed by atoms with Gasteiger partial charge in [-0.1, -0.05) is 43.3 Å². The van der Waals surface area contributed by atoms with Crippen LogP contribution in [-0.4, -0.2) is 10.9 Å². The molecule has 1 saturated carbocycles. The zero-order chi connectivity index (χ0) is 18.6. The molecular formula is C23H22N2O2. The Kier molecular flexibility index (Phi) is 4.88. The van der Waals surface area contributed by atoms with Crippen LogP contribution in [0.3, 0.4) is 0 Å². The molecule has 3 atom stereocenters. The van der Waals surface area contributed by atoms with E-state index in [4.69, 9.17) is 4.42 Å². The SMILES string of the molecule is CC1CC1c1ccc(/C=C/C(=O)NC(c2ccccc2)c2ccccn2)o1. The summed E-state index contributed by atoms with van der Waals surface area (Å²) in [5.41, 5.74) is 1.79. The van der Waals surface area contributed by atoms with Crippen LogP contribution in [0.5, 0.6) is 0 Å². The average Bonchev–Trinajstić information content (AvgIpc) is 3.25. The third kappa shape index (κ3) is 4.17. The maximum Gasteiger partial charge on any atom is 0.244 e. The highest BCUT2D eigenvalue weighted by Crippen LogP contribution is 2.47. The van der Waals surface area contributed by atoms with Gasteiger partial charge in [0.25, 0.3) is 0 Å². The van der Waals surface area contributed by atoms with Gasteiger partial charge < -0.3 is 9.73 Å². The lowest BCUT2D eigenvalue weighted by molar-refractivity contribution is -0.116. The van der Waals surface area contributed by atoms with Gasteiger partial charge in [-0.05, 0) is 48.2 Å². The molecule has 1 aromatic carbocycles. The molecule has 2 aromatic heterocycles. The van der Waals surface area contributed by atoms with Crippen LogP contribution in [0.15, 0.2) is 77.4 Å². The molecule has 4 rings (SSSR count). The Labute approximate surface area is 158 Å². The molecule has 3 aromatic rings. The van der Waals surface area contributed by atoms with E-state index in [-0.39, 0.29) is 11.9 Å². The van der Waals surface area contributed by atoms with Crippen molar-refractivity contribution in [3.8, 4) is 0 Å². The van der Waals surface area contributed by atoms with Crippen molar-refractivity contribution in [3.05, 3.63) is 95.7 Å². The highest BCUT2D eigenvalue weighted by molar-refractivity contribution is 5.91. The average molecular weight is 358 g/mol. The van der Waals surface area contributed by atoms with E-state index < -0.39 is 0 Å². The normalized spacial score (nSPS) is 19.7. The molecule has 4 heteroatoms. The standard InChI is InChI=1S/C23H22N2O2/c1-16-15-19(16)21-12-10-18(27-21)11-13-22(26)25-23(17-7-3-2-4-8-17)20-9-5-6-14-24-20/h2-14,16,19,23H,15H2,1H3,(H,25,26)/b13-11+. The number of hydrogen-bond acceptors (Lipinski definition) is 3. The van der Waals surface area contributed by atoms with Crippen molar-refractivity contribution in [1.29, 1.82) is 0 Å². The van der Waals surface area contributed by atoms with Crippen LogP contribution < -0.4 is 5.32 Å². The number of furan rings is 1. The Hall–Kier alpha value is -3.14. The van der Waals surface area contributed by atoms with Gasteiger partial charge in [-0.15, -0.1) is 0 Å². The topological polar surface area (TPSA) is 55.1 Å². The molecule has 27 heavy (non-hydrogen) atoms. The van der Waals surface area contributed by atoms with E-state index in [1.165, 1.54) is 12.5 Å². The molecule has 2 heterocycles. The number of aromatic nitrogens is 1. The zero-order valence-corrected chi connectivity index (χ0v) is 15.2. The smallest absolute Gasteiger partial charge is 0.244 e. The number of benzene rings is 1. The Morgan fingerprint density at radius 3 is 2.63 bits per heavy atom. The lowest BCUT2D eigenvalue weighted by Gasteiger charge is -2.17. The molecule has 1 fully saturated rings. The van der Waals surface area contributed by atoms with E-state index in [1.807, 2.05) is 60.7 Å². The Balaban J connectivity index is 1.47. The summed E-state index contributed by atoms with van der Waals surface area (Å²) in [6.07, 6.45) is 6.14. The molecular weight excluding hydrogens is 336 g/mol. The number of amides is 1. The number of nitrogens with zero attached hydrogens (tertiary/aromatic N) is 1. The van der Waals surface area contributed by atoms with E-state index in [0.29, 0.717) is 17.6 Å². The summed E-state index contributed by atoms with van der Waals surface area (Å²) >= 11 is 0. The van der Waals surface area contributed by atoms with E-state index in [2.05, 4.69) is 17.2 Å². The third-order valence-electron chi connectivity index (χ3n) is 4.92. The quantitative estimate of drug-likeness (QED) is 0.649. The molecule has 136 valence electrons. The first-order valence-corrected chi connectivity index (χ1v) is 9.25. The van der Waals surface area contributed by atoms with Crippen LogP contribution in [0.1, 0.15) is 48.1 Å². The van der Waals surface area contributed by atoms with Gasteiger partial charge >= 0.3 is 0 Å². The first-order valence-electron chi connectivity index (χ1n) is 9.25. The van der Waals surface area contributed by atoms with Gasteiger partial charge in [-0.25, -0.2) is 0 Å². The lowest BCUT2D eigenvalue weighted by atomic mass is 10.0. The summed E-state index contributed by atoms with van der Waals surface area (Å²) in [4.78, 5) is 16.9. The van der Waals surface area contributed by atoms with Crippen LogP contribution >= 0.6 is 0 Å². The highest BCUT2D eigenvalue weighted by Gasteiger charge is 2.36. The molecule has 1 N–H and O–H groups in total. The van der Waals surface area contributed by atoms with Gasteiger partial charge in [0.1, 0.15) is 11.5 Å². The van der Waals surface area contributed by atoms with Crippen molar-refractivity contribution in [3.63, 3.8) is 0 Å². The summed E-state index contributed by atoms with van der Waals surface area (Å²) in [6, 6.07) is 19.2. The minimum Gasteiger partial charge on any atom is -0.461 e. The van der Waals surface area contributed by atoms with Crippen molar-refractivity contribution < 1.29 is 9.21 Å². The van der Waals surface area contributed by atoms with Crippen LogP contribution in [0.4, 0.5) is 0 Å². The molecule has 0 spiro atoms.